The largest absolute Gasteiger partial charge is 0.493 e. The van der Waals surface area contributed by atoms with Crippen molar-refractivity contribution in [1.29, 1.82) is 0 Å². The number of anilines is 1. The normalized spacial score (nSPS) is 24.3. The summed E-state index contributed by atoms with van der Waals surface area (Å²) in [6.07, 6.45) is 3.61. The lowest BCUT2D eigenvalue weighted by atomic mass is 10.0. The fraction of sp³-hybridized carbons (Fsp3) is 0.412. The first kappa shape index (κ1) is 14.3. The standard InChI is InChI=1S/C17H19N3O3/c1-20(15(21)8-22-2)10-3-4-14-11(5-10)16-12(7-23-14)17(16)13-6-18-9-19-13/h3-6,9,12,16-17H,7-8H2,1-2H3,(H,18,19)/t12-,16+,17-/m0/s1. The molecule has 1 aliphatic heterocycles. The molecule has 1 aliphatic carbocycles. The van der Waals surface area contributed by atoms with Crippen LogP contribution >= 0.6 is 0 Å². The van der Waals surface area contributed by atoms with E-state index in [1.807, 2.05) is 18.3 Å². The minimum atomic E-state index is -0.0679. The number of carbonyl (C=O) groups is 1. The van der Waals surface area contributed by atoms with E-state index in [1.165, 1.54) is 12.7 Å². The van der Waals surface area contributed by atoms with Crippen molar-refractivity contribution in [3.8, 4) is 5.75 Å². The molecule has 2 heterocycles. The number of nitrogens with zero attached hydrogens (tertiary/aromatic N) is 2. The molecule has 0 saturated heterocycles. The van der Waals surface area contributed by atoms with Gasteiger partial charge in [0.15, 0.2) is 0 Å². The number of hydrogen-bond donors (Lipinski definition) is 1. The highest BCUT2D eigenvalue weighted by molar-refractivity contribution is 5.94. The second-order valence-corrected chi connectivity index (χ2v) is 6.14. The number of ether oxygens (including phenoxy) is 2. The molecular formula is C17H19N3O3. The van der Waals surface area contributed by atoms with Crippen molar-refractivity contribution in [2.24, 2.45) is 5.92 Å². The van der Waals surface area contributed by atoms with Crippen LogP contribution in [0.5, 0.6) is 5.75 Å². The molecule has 1 amide bonds. The van der Waals surface area contributed by atoms with Gasteiger partial charge in [0, 0.05) is 55.1 Å². The first-order valence-electron chi connectivity index (χ1n) is 7.71. The number of carbonyl (C=O) groups excluding carboxylic acids is 1. The van der Waals surface area contributed by atoms with Gasteiger partial charge in [0.2, 0.25) is 0 Å². The Labute approximate surface area is 134 Å². The van der Waals surface area contributed by atoms with E-state index >= 15 is 0 Å². The van der Waals surface area contributed by atoms with Crippen LogP contribution in [0.4, 0.5) is 5.69 Å². The highest BCUT2D eigenvalue weighted by atomic mass is 16.5. The van der Waals surface area contributed by atoms with Gasteiger partial charge < -0.3 is 19.4 Å². The van der Waals surface area contributed by atoms with Gasteiger partial charge in [0.1, 0.15) is 12.4 Å². The molecule has 1 N–H and O–H groups in total. The molecule has 4 rings (SSSR count). The van der Waals surface area contributed by atoms with Gasteiger partial charge in [-0.3, -0.25) is 4.79 Å². The van der Waals surface area contributed by atoms with Crippen LogP contribution in [0.1, 0.15) is 23.1 Å². The van der Waals surface area contributed by atoms with Crippen LogP contribution < -0.4 is 9.64 Å². The molecule has 6 nitrogen and oxygen atoms in total. The zero-order chi connectivity index (χ0) is 16.0. The molecule has 1 saturated carbocycles. The summed E-state index contributed by atoms with van der Waals surface area (Å²) in [5, 5.41) is 0. The number of rotatable bonds is 4. The van der Waals surface area contributed by atoms with Crippen LogP contribution in [-0.2, 0) is 9.53 Å². The van der Waals surface area contributed by atoms with Gasteiger partial charge in [-0.1, -0.05) is 0 Å². The van der Waals surface area contributed by atoms with Gasteiger partial charge in [-0.2, -0.15) is 0 Å². The smallest absolute Gasteiger partial charge is 0.252 e. The molecule has 2 aliphatic rings. The van der Waals surface area contributed by atoms with E-state index < -0.39 is 0 Å². The Morgan fingerprint density at radius 1 is 1.48 bits per heavy atom. The first-order valence-corrected chi connectivity index (χ1v) is 7.71. The molecule has 23 heavy (non-hydrogen) atoms. The molecule has 6 heteroatoms. The molecule has 1 aromatic carbocycles. The fourth-order valence-electron chi connectivity index (χ4n) is 3.57. The van der Waals surface area contributed by atoms with Crippen LogP contribution in [0.25, 0.3) is 0 Å². The number of nitrogens with one attached hydrogen (secondary N) is 1. The summed E-state index contributed by atoms with van der Waals surface area (Å²) in [4.78, 5) is 21.0. The molecule has 120 valence electrons. The summed E-state index contributed by atoms with van der Waals surface area (Å²) in [6, 6.07) is 5.94. The van der Waals surface area contributed by atoms with Crippen LogP contribution in [0.3, 0.4) is 0 Å². The molecule has 1 aromatic heterocycles. The van der Waals surface area contributed by atoms with Gasteiger partial charge in [0.05, 0.1) is 12.9 Å². The second-order valence-electron chi connectivity index (χ2n) is 6.14. The van der Waals surface area contributed by atoms with E-state index in [0.29, 0.717) is 17.8 Å². The van der Waals surface area contributed by atoms with Gasteiger partial charge in [-0.05, 0) is 18.2 Å². The maximum atomic E-state index is 12.0. The molecule has 0 spiro atoms. The summed E-state index contributed by atoms with van der Waals surface area (Å²) < 4.78 is 10.8. The minimum Gasteiger partial charge on any atom is -0.493 e. The van der Waals surface area contributed by atoms with E-state index in [1.54, 1.807) is 18.3 Å². The minimum absolute atomic E-state index is 0.0679. The number of aromatic nitrogens is 2. The molecular weight excluding hydrogens is 294 g/mol. The Hall–Kier alpha value is -2.34. The predicted octanol–water partition coefficient (Wildman–Crippen LogP) is 1.91. The molecule has 2 aromatic rings. The first-order chi connectivity index (χ1) is 11.2. The van der Waals surface area contributed by atoms with Crippen LogP contribution in [-0.4, -0.2) is 43.2 Å². The number of imidazole rings is 1. The Balaban J connectivity index is 1.63. The average Bonchev–Trinajstić information content (AvgIpc) is 3.06. The number of aromatic amines is 1. The van der Waals surface area contributed by atoms with Crippen molar-refractivity contribution in [3.63, 3.8) is 0 Å². The topological polar surface area (TPSA) is 67.4 Å². The van der Waals surface area contributed by atoms with E-state index in [4.69, 9.17) is 9.47 Å². The van der Waals surface area contributed by atoms with Gasteiger partial charge in [-0.25, -0.2) is 4.98 Å². The lowest BCUT2D eigenvalue weighted by Gasteiger charge is -2.21. The number of benzene rings is 1. The van der Waals surface area contributed by atoms with Gasteiger partial charge in [-0.15, -0.1) is 0 Å². The van der Waals surface area contributed by atoms with E-state index in [9.17, 15) is 4.79 Å². The molecule has 0 radical (unpaired) electrons. The predicted molar refractivity (Wildman–Crippen MR) is 84.8 cm³/mol. The van der Waals surface area contributed by atoms with Crippen molar-refractivity contribution < 1.29 is 14.3 Å². The van der Waals surface area contributed by atoms with Crippen molar-refractivity contribution in [1.82, 2.24) is 9.97 Å². The third-order valence-corrected chi connectivity index (χ3v) is 4.86. The highest BCUT2D eigenvalue weighted by Gasteiger charge is 2.56. The molecule has 0 bridgehead atoms. The Kier molecular flexibility index (Phi) is 3.34. The van der Waals surface area contributed by atoms with Crippen LogP contribution in [0, 0.1) is 5.92 Å². The number of amides is 1. The summed E-state index contributed by atoms with van der Waals surface area (Å²) in [6.45, 7) is 0.812. The quantitative estimate of drug-likeness (QED) is 0.936. The number of likely N-dealkylation sites (N-methyl/N-ethyl adjacent to an activating group) is 1. The van der Waals surface area contributed by atoms with Crippen molar-refractivity contribution >= 4 is 11.6 Å². The monoisotopic (exact) mass is 313 g/mol. The fourth-order valence-corrected chi connectivity index (χ4v) is 3.57. The Morgan fingerprint density at radius 2 is 2.35 bits per heavy atom. The Bertz CT molecular complexity index is 729. The number of hydrogen-bond acceptors (Lipinski definition) is 4. The lowest BCUT2D eigenvalue weighted by molar-refractivity contribution is -0.121. The van der Waals surface area contributed by atoms with Gasteiger partial charge >= 0.3 is 0 Å². The van der Waals surface area contributed by atoms with E-state index in [0.717, 1.165) is 23.7 Å². The van der Waals surface area contributed by atoms with Crippen molar-refractivity contribution in [2.45, 2.75) is 11.8 Å². The zero-order valence-corrected chi connectivity index (χ0v) is 13.2. The van der Waals surface area contributed by atoms with Crippen LogP contribution in [0.15, 0.2) is 30.7 Å². The van der Waals surface area contributed by atoms with E-state index in [-0.39, 0.29) is 12.5 Å². The van der Waals surface area contributed by atoms with E-state index in [2.05, 4.69) is 16.0 Å². The summed E-state index contributed by atoms with van der Waals surface area (Å²) >= 11 is 0. The molecule has 1 fully saturated rings. The van der Waals surface area contributed by atoms with Gasteiger partial charge in [0.25, 0.3) is 5.91 Å². The number of fused-ring (bicyclic) bond motifs is 3. The van der Waals surface area contributed by atoms with Crippen LogP contribution in [0.2, 0.25) is 0 Å². The summed E-state index contributed by atoms with van der Waals surface area (Å²) in [7, 11) is 3.29. The SMILES string of the molecule is COCC(=O)N(C)c1ccc2c(c1)[C@@H]1[C@H](CO2)[C@H]1c1cnc[nH]1. The third-order valence-electron chi connectivity index (χ3n) is 4.86. The maximum Gasteiger partial charge on any atom is 0.252 e. The molecule has 3 atom stereocenters. The second kappa shape index (κ2) is 5.38. The number of H-pyrrole nitrogens is 1. The third kappa shape index (κ3) is 2.30. The zero-order valence-electron chi connectivity index (χ0n) is 13.2. The highest BCUT2D eigenvalue weighted by Crippen LogP contribution is 2.64. The molecule has 0 unspecified atom stereocenters. The van der Waals surface area contributed by atoms with Crippen molar-refractivity contribution in [3.05, 3.63) is 42.0 Å². The van der Waals surface area contributed by atoms with Crippen molar-refractivity contribution in [2.75, 3.05) is 32.3 Å². The number of methoxy groups -OCH3 is 1. The Morgan fingerprint density at radius 3 is 3.09 bits per heavy atom. The lowest BCUT2D eigenvalue weighted by Crippen LogP contribution is -2.29. The maximum absolute atomic E-state index is 12.0. The summed E-state index contributed by atoms with van der Waals surface area (Å²) in [5.74, 6) is 2.20. The summed E-state index contributed by atoms with van der Waals surface area (Å²) in [5.41, 5.74) is 3.20. The average molecular weight is 313 g/mol.